The largest absolute Gasteiger partial charge is 0.508 e. The minimum Gasteiger partial charge on any atom is -0.508 e. The molecule has 0 fully saturated rings. The van der Waals surface area contributed by atoms with E-state index in [-0.39, 0.29) is 11.7 Å². The Kier molecular flexibility index (Phi) is 6.87. The molecule has 1 heterocycles. The highest BCUT2D eigenvalue weighted by Crippen LogP contribution is 2.27. The van der Waals surface area contributed by atoms with Crippen LogP contribution in [0, 0.1) is 0 Å². The number of aromatic hydroxyl groups is 1. The molecule has 0 saturated carbocycles. The van der Waals surface area contributed by atoms with Gasteiger partial charge in [-0.3, -0.25) is 4.79 Å². The molecule has 186 valence electrons. The number of phenolic OH excluding ortho intramolecular Hbond substituents is 1. The number of aromatic nitrogens is 2. The Morgan fingerprint density at radius 3 is 2.30 bits per heavy atom. The summed E-state index contributed by atoms with van der Waals surface area (Å²) >= 11 is 0. The number of fused-ring (bicyclic) bond motifs is 1. The van der Waals surface area contributed by atoms with Crippen LogP contribution in [0.25, 0.3) is 33.5 Å². The van der Waals surface area contributed by atoms with Gasteiger partial charge in [-0.05, 0) is 71.8 Å². The Labute approximate surface area is 215 Å². The molecule has 0 bridgehead atoms. The summed E-state index contributed by atoms with van der Waals surface area (Å²) in [5.74, 6) is 0.804. The summed E-state index contributed by atoms with van der Waals surface area (Å²) in [6.07, 6.45) is 0. The molecule has 0 aliphatic rings. The number of nitrogens with one attached hydrogen (secondary N) is 2. The van der Waals surface area contributed by atoms with Gasteiger partial charge in [-0.2, -0.15) is 0 Å². The Bertz CT molecular complexity index is 1510. The fourth-order valence-electron chi connectivity index (χ4n) is 4.12. The SMILES string of the molecule is COCCN(C)c1ccc(NC(=O)c2ccc(-c3nc4ccc(-c5ccc(O)cc5)cc4[nH]3)cc2)cc1. The van der Waals surface area contributed by atoms with Gasteiger partial charge >= 0.3 is 0 Å². The first-order valence-electron chi connectivity index (χ1n) is 12.0. The van der Waals surface area contributed by atoms with Gasteiger partial charge in [-0.1, -0.05) is 30.3 Å². The second kappa shape index (κ2) is 10.6. The molecular formula is C30H28N4O3. The van der Waals surface area contributed by atoms with Gasteiger partial charge in [-0.15, -0.1) is 0 Å². The van der Waals surface area contributed by atoms with E-state index in [1.54, 1.807) is 31.4 Å². The molecular weight excluding hydrogens is 464 g/mol. The molecule has 1 aromatic heterocycles. The average Bonchev–Trinajstić information content (AvgIpc) is 3.36. The number of methoxy groups -OCH3 is 1. The number of rotatable bonds is 8. The Morgan fingerprint density at radius 2 is 1.59 bits per heavy atom. The lowest BCUT2D eigenvalue weighted by molar-refractivity contribution is 0.102. The molecule has 1 amide bonds. The van der Waals surface area contributed by atoms with Crippen molar-refractivity contribution in [1.29, 1.82) is 0 Å². The molecule has 0 radical (unpaired) electrons. The fraction of sp³-hybridized carbons (Fsp3) is 0.133. The van der Waals surface area contributed by atoms with Gasteiger partial charge in [-0.25, -0.2) is 4.98 Å². The quantitative estimate of drug-likeness (QED) is 0.250. The molecule has 0 unspecified atom stereocenters. The lowest BCUT2D eigenvalue weighted by atomic mass is 10.1. The Balaban J connectivity index is 1.27. The van der Waals surface area contributed by atoms with Crippen molar-refractivity contribution in [3.8, 4) is 28.3 Å². The van der Waals surface area contributed by atoms with Crippen LogP contribution in [0.1, 0.15) is 10.4 Å². The monoisotopic (exact) mass is 492 g/mol. The number of aromatic amines is 1. The van der Waals surface area contributed by atoms with Crippen molar-refractivity contribution in [3.63, 3.8) is 0 Å². The summed E-state index contributed by atoms with van der Waals surface area (Å²) in [7, 11) is 3.69. The molecule has 0 atom stereocenters. The number of phenols is 1. The lowest BCUT2D eigenvalue weighted by Crippen LogP contribution is -2.21. The van der Waals surface area contributed by atoms with Crippen LogP contribution < -0.4 is 10.2 Å². The minimum atomic E-state index is -0.171. The van der Waals surface area contributed by atoms with Gasteiger partial charge in [0, 0.05) is 43.2 Å². The standard InChI is InChI=1S/C30H28N4O3/c1-34(17-18-37-2)25-12-10-24(11-13-25)31-30(36)22-5-3-21(4-6-22)29-32-27-16-9-23(19-28(27)33-29)20-7-14-26(35)15-8-20/h3-16,19,35H,17-18H2,1-2H3,(H,31,36)(H,32,33). The maximum Gasteiger partial charge on any atom is 0.255 e. The van der Waals surface area contributed by atoms with E-state index in [9.17, 15) is 9.90 Å². The summed E-state index contributed by atoms with van der Waals surface area (Å²) in [6.45, 7) is 1.44. The fourth-order valence-corrected chi connectivity index (χ4v) is 4.12. The van der Waals surface area contributed by atoms with Gasteiger partial charge in [0.2, 0.25) is 0 Å². The second-order valence-electron chi connectivity index (χ2n) is 8.86. The maximum atomic E-state index is 12.8. The van der Waals surface area contributed by atoms with E-state index >= 15 is 0 Å². The zero-order valence-electron chi connectivity index (χ0n) is 20.7. The first-order valence-corrected chi connectivity index (χ1v) is 12.0. The van der Waals surface area contributed by atoms with Gasteiger partial charge in [0.1, 0.15) is 11.6 Å². The molecule has 3 N–H and O–H groups in total. The predicted molar refractivity (Wildman–Crippen MR) is 148 cm³/mol. The van der Waals surface area contributed by atoms with Crippen molar-refractivity contribution in [2.45, 2.75) is 0 Å². The molecule has 0 aliphatic carbocycles. The second-order valence-corrected chi connectivity index (χ2v) is 8.86. The number of benzene rings is 4. The summed E-state index contributed by atoms with van der Waals surface area (Å²) in [5, 5.41) is 12.5. The number of amides is 1. The number of hydrogen-bond acceptors (Lipinski definition) is 5. The normalized spacial score (nSPS) is 11.0. The lowest BCUT2D eigenvalue weighted by Gasteiger charge is -2.19. The predicted octanol–water partition coefficient (Wildman–Crippen LogP) is 5.94. The maximum absolute atomic E-state index is 12.8. The number of H-pyrrole nitrogens is 1. The number of imidazole rings is 1. The first kappa shape index (κ1) is 24.1. The van der Waals surface area contributed by atoms with E-state index < -0.39 is 0 Å². The van der Waals surface area contributed by atoms with E-state index in [1.165, 1.54) is 0 Å². The van der Waals surface area contributed by atoms with Crippen molar-refractivity contribution in [2.75, 3.05) is 37.5 Å². The van der Waals surface area contributed by atoms with Crippen molar-refractivity contribution in [2.24, 2.45) is 0 Å². The molecule has 7 nitrogen and oxygen atoms in total. The third-order valence-corrected chi connectivity index (χ3v) is 6.30. The number of likely N-dealkylation sites (N-methyl/N-ethyl adjacent to an activating group) is 1. The summed E-state index contributed by atoms with van der Waals surface area (Å²) in [4.78, 5) is 23.0. The Morgan fingerprint density at radius 1 is 0.919 bits per heavy atom. The van der Waals surface area contributed by atoms with Crippen molar-refractivity contribution in [1.82, 2.24) is 9.97 Å². The highest BCUT2D eigenvalue weighted by atomic mass is 16.5. The molecule has 5 aromatic rings. The van der Waals surface area contributed by atoms with E-state index in [2.05, 4.69) is 15.2 Å². The van der Waals surface area contributed by atoms with E-state index in [0.29, 0.717) is 12.2 Å². The molecule has 37 heavy (non-hydrogen) atoms. The van der Waals surface area contributed by atoms with Crippen LogP contribution in [0.3, 0.4) is 0 Å². The number of anilines is 2. The van der Waals surface area contributed by atoms with Gasteiger partial charge in [0.05, 0.1) is 17.6 Å². The topological polar surface area (TPSA) is 90.5 Å². The van der Waals surface area contributed by atoms with Crippen molar-refractivity contribution < 1.29 is 14.6 Å². The summed E-state index contributed by atoms with van der Waals surface area (Å²) in [5.41, 5.74) is 7.07. The number of carbonyl (C=O) groups is 1. The van der Waals surface area contributed by atoms with Gasteiger partial charge in [0.25, 0.3) is 5.91 Å². The zero-order valence-corrected chi connectivity index (χ0v) is 20.7. The van der Waals surface area contributed by atoms with Crippen LogP contribution in [0.2, 0.25) is 0 Å². The number of ether oxygens (including phenoxy) is 1. The number of hydrogen-bond donors (Lipinski definition) is 3. The molecule has 5 rings (SSSR count). The highest BCUT2D eigenvalue weighted by molar-refractivity contribution is 6.04. The van der Waals surface area contributed by atoms with E-state index in [1.807, 2.05) is 73.8 Å². The number of carbonyl (C=O) groups excluding carboxylic acids is 1. The Hall–Kier alpha value is -4.62. The van der Waals surface area contributed by atoms with Crippen molar-refractivity contribution in [3.05, 3.63) is 96.6 Å². The number of nitrogens with zero attached hydrogens (tertiary/aromatic N) is 2. The minimum absolute atomic E-state index is 0.171. The van der Waals surface area contributed by atoms with Crippen LogP contribution in [0.5, 0.6) is 5.75 Å². The smallest absolute Gasteiger partial charge is 0.255 e. The molecule has 4 aromatic carbocycles. The molecule has 0 spiro atoms. The molecule has 0 saturated heterocycles. The van der Waals surface area contributed by atoms with Crippen LogP contribution in [0.4, 0.5) is 11.4 Å². The summed E-state index contributed by atoms with van der Waals surface area (Å²) < 4.78 is 5.12. The van der Waals surface area contributed by atoms with Crippen molar-refractivity contribution >= 4 is 28.3 Å². The summed E-state index contributed by atoms with van der Waals surface area (Å²) in [6, 6.07) is 28.3. The zero-order chi connectivity index (χ0) is 25.8. The molecule has 0 aliphatic heterocycles. The highest BCUT2D eigenvalue weighted by Gasteiger charge is 2.10. The van der Waals surface area contributed by atoms with Crippen LogP contribution >= 0.6 is 0 Å². The first-order chi connectivity index (χ1) is 18.0. The van der Waals surface area contributed by atoms with Crippen LogP contribution in [0.15, 0.2) is 91.0 Å². The third kappa shape index (κ3) is 5.47. The average molecular weight is 493 g/mol. The third-order valence-electron chi connectivity index (χ3n) is 6.30. The van der Waals surface area contributed by atoms with Gasteiger partial charge < -0.3 is 25.0 Å². The van der Waals surface area contributed by atoms with E-state index in [0.717, 1.165) is 51.5 Å². The van der Waals surface area contributed by atoms with Crippen LogP contribution in [-0.2, 0) is 4.74 Å². The van der Waals surface area contributed by atoms with Crippen LogP contribution in [-0.4, -0.2) is 48.3 Å². The van der Waals surface area contributed by atoms with E-state index in [4.69, 9.17) is 9.72 Å². The van der Waals surface area contributed by atoms with Gasteiger partial charge in [0.15, 0.2) is 0 Å². The molecule has 7 heteroatoms.